The molecule has 0 aromatic heterocycles. The van der Waals surface area contributed by atoms with Crippen molar-refractivity contribution in [3.05, 3.63) is 0 Å². The zero-order chi connectivity index (χ0) is 12.3. The van der Waals surface area contributed by atoms with E-state index in [0.717, 1.165) is 25.9 Å². The number of rotatable bonds is 3. The molecular formula is C14H24O2S. The molecule has 3 heteroatoms. The van der Waals surface area contributed by atoms with E-state index in [1.165, 1.54) is 24.3 Å². The van der Waals surface area contributed by atoms with Crippen LogP contribution >= 0.6 is 11.8 Å². The first-order valence-electron chi connectivity index (χ1n) is 6.89. The van der Waals surface area contributed by atoms with Crippen LogP contribution in [0.25, 0.3) is 0 Å². The van der Waals surface area contributed by atoms with Gasteiger partial charge in [0.1, 0.15) is 5.78 Å². The van der Waals surface area contributed by atoms with Crippen LogP contribution in [-0.2, 0) is 9.53 Å². The summed E-state index contributed by atoms with van der Waals surface area (Å²) in [5.41, 5.74) is 0.122. The fourth-order valence-electron chi connectivity index (χ4n) is 3.45. The van der Waals surface area contributed by atoms with Gasteiger partial charge < -0.3 is 4.74 Å². The summed E-state index contributed by atoms with van der Waals surface area (Å²) in [4.78, 5) is 11.7. The molecule has 2 atom stereocenters. The Bertz CT molecular complexity index is 266. The highest BCUT2D eigenvalue weighted by Crippen LogP contribution is 2.42. The zero-order valence-electron chi connectivity index (χ0n) is 11.0. The van der Waals surface area contributed by atoms with Crippen LogP contribution in [0.1, 0.15) is 46.0 Å². The van der Waals surface area contributed by atoms with E-state index in [-0.39, 0.29) is 11.5 Å². The Labute approximate surface area is 109 Å². The molecule has 17 heavy (non-hydrogen) atoms. The summed E-state index contributed by atoms with van der Waals surface area (Å²) < 4.78 is 6.09. The molecule has 0 aromatic carbocycles. The van der Waals surface area contributed by atoms with Gasteiger partial charge in [0.15, 0.2) is 0 Å². The average Bonchev–Trinajstić information content (AvgIpc) is 2.30. The van der Waals surface area contributed by atoms with E-state index in [2.05, 4.69) is 6.92 Å². The first-order chi connectivity index (χ1) is 8.17. The quantitative estimate of drug-likeness (QED) is 0.775. The van der Waals surface area contributed by atoms with Crippen LogP contribution in [0.2, 0.25) is 0 Å². The topological polar surface area (TPSA) is 26.3 Å². The second-order valence-electron chi connectivity index (χ2n) is 5.52. The number of ketones is 1. The minimum Gasteiger partial charge on any atom is -0.375 e. The predicted octanol–water partition coefficient (Wildman–Crippen LogP) is 3.29. The molecule has 2 fully saturated rings. The number of thioether (sulfide) groups is 1. The first kappa shape index (κ1) is 13.4. The van der Waals surface area contributed by atoms with Gasteiger partial charge in [-0.15, -0.1) is 0 Å². The Morgan fingerprint density at radius 1 is 1.47 bits per heavy atom. The van der Waals surface area contributed by atoms with Gasteiger partial charge in [0.05, 0.1) is 5.60 Å². The molecular weight excluding hydrogens is 232 g/mol. The van der Waals surface area contributed by atoms with Gasteiger partial charge in [-0.1, -0.05) is 6.92 Å². The van der Waals surface area contributed by atoms with Crippen molar-refractivity contribution in [2.24, 2.45) is 11.8 Å². The lowest BCUT2D eigenvalue weighted by molar-refractivity contribution is -0.132. The van der Waals surface area contributed by atoms with Crippen LogP contribution in [-0.4, -0.2) is 29.5 Å². The second-order valence-corrected chi connectivity index (χ2v) is 6.75. The summed E-state index contributed by atoms with van der Waals surface area (Å²) in [7, 11) is 0. The molecule has 2 unspecified atom stereocenters. The van der Waals surface area contributed by atoms with Crippen molar-refractivity contribution in [3.8, 4) is 0 Å². The lowest BCUT2D eigenvalue weighted by atomic mass is 9.74. The molecule has 0 N–H and O–H groups in total. The van der Waals surface area contributed by atoms with Crippen LogP contribution in [0, 0.1) is 11.8 Å². The standard InChI is InChI=1S/C14H24O2S/c1-3-13(11(2)15)12-4-7-16-14(10-12)5-8-17-9-6-14/h12-13H,3-10H2,1-2H3. The first-order valence-corrected chi connectivity index (χ1v) is 8.04. The molecule has 0 saturated carbocycles. The third-order valence-electron chi connectivity index (χ3n) is 4.47. The van der Waals surface area contributed by atoms with Crippen molar-refractivity contribution < 1.29 is 9.53 Å². The van der Waals surface area contributed by atoms with E-state index >= 15 is 0 Å². The fraction of sp³-hybridized carbons (Fsp3) is 0.929. The van der Waals surface area contributed by atoms with E-state index < -0.39 is 0 Å². The number of hydrogen-bond acceptors (Lipinski definition) is 3. The summed E-state index contributed by atoms with van der Waals surface area (Å²) >= 11 is 2.04. The van der Waals surface area contributed by atoms with Gasteiger partial charge in [-0.2, -0.15) is 11.8 Å². The molecule has 2 aliphatic rings. The van der Waals surface area contributed by atoms with Crippen molar-refractivity contribution in [1.29, 1.82) is 0 Å². The lowest BCUT2D eigenvalue weighted by Gasteiger charge is -2.45. The molecule has 2 rings (SSSR count). The smallest absolute Gasteiger partial charge is 0.133 e. The maximum absolute atomic E-state index is 11.7. The Balaban J connectivity index is 2.02. The van der Waals surface area contributed by atoms with Crippen LogP contribution in [0.4, 0.5) is 0 Å². The summed E-state index contributed by atoms with van der Waals surface area (Å²) in [6.45, 7) is 4.76. The van der Waals surface area contributed by atoms with Gasteiger partial charge >= 0.3 is 0 Å². The molecule has 0 radical (unpaired) electrons. The average molecular weight is 256 g/mol. The number of ether oxygens (including phenoxy) is 1. The van der Waals surface area contributed by atoms with Crippen LogP contribution < -0.4 is 0 Å². The molecule has 2 aliphatic heterocycles. The molecule has 2 saturated heterocycles. The van der Waals surface area contributed by atoms with Crippen molar-refractivity contribution in [3.63, 3.8) is 0 Å². The van der Waals surface area contributed by atoms with Crippen molar-refractivity contribution >= 4 is 17.5 Å². The molecule has 2 heterocycles. The molecule has 98 valence electrons. The third-order valence-corrected chi connectivity index (χ3v) is 5.45. The van der Waals surface area contributed by atoms with Crippen LogP contribution in [0.3, 0.4) is 0 Å². The Hall–Kier alpha value is -0.0200. The number of carbonyl (C=O) groups is 1. The maximum Gasteiger partial charge on any atom is 0.133 e. The normalized spacial score (nSPS) is 30.1. The van der Waals surface area contributed by atoms with Crippen molar-refractivity contribution in [2.45, 2.75) is 51.6 Å². The van der Waals surface area contributed by atoms with E-state index in [9.17, 15) is 4.79 Å². The Kier molecular flexibility index (Phi) is 4.53. The second kappa shape index (κ2) is 5.75. The molecule has 0 aromatic rings. The van der Waals surface area contributed by atoms with Crippen LogP contribution in [0.5, 0.6) is 0 Å². The Morgan fingerprint density at radius 3 is 2.76 bits per heavy atom. The molecule has 0 bridgehead atoms. The monoisotopic (exact) mass is 256 g/mol. The van der Waals surface area contributed by atoms with Gasteiger partial charge in [0, 0.05) is 12.5 Å². The lowest BCUT2D eigenvalue weighted by Crippen LogP contribution is -2.45. The molecule has 2 nitrogen and oxygen atoms in total. The molecule has 0 aliphatic carbocycles. The van der Waals surface area contributed by atoms with E-state index in [4.69, 9.17) is 4.74 Å². The van der Waals surface area contributed by atoms with E-state index in [1.54, 1.807) is 6.92 Å². The SMILES string of the molecule is CCC(C(C)=O)C1CCOC2(CCSCC2)C1. The highest BCUT2D eigenvalue weighted by Gasteiger charge is 2.41. The largest absolute Gasteiger partial charge is 0.375 e. The maximum atomic E-state index is 11.7. The minimum atomic E-state index is 0.122. The third kappa shape index (κ3) is 3.05. The van der Waals surface area contributed by atoms with Crippen molar-refractivity contribution in [2.75, 3.05) is 18.1 Å². The predicted molar refractivity (Wildman–Crippen MR) is 72.4 cm³/mol. The summed E-state index contributed by atoms with van der Waals surface area (Å²) in [5.74, 6) is 3.66. The van der Waals surface area contributed by atoms with Gasteiger partial charge in [0.25, 0.3) is 0 Å². The number of carbonyl (C=O) groups excluding carboxylic acids is 1. The van der Waals surface area contributed by atoms with E-state index in [1.807, 2.05) is 11.8 Å². The molecule has 0 amide bonds. The summed E-state index contributed by atoms with van der Waals surface area (Å²) in [6, 6.07) is 0. The minimum absolute atomic E-state index is 0.122. The summed E-state index contributed by atoms with van der Waals surface area (Å²) in [6.07, 6.45) is 5.55. The van der Waals surface area contributed by atoms with Gasteiger partial charge in [-0.3, -0.25) is 4.79 Å². The Morgan fingerprint density at radius 2 is 2.18 bits per heavy atom. The highest BCUT2D eigenvalue weighted by molar-refractivity contribution is 7.99. The molecule has 1 spiro atoms. The van der Waals surface area contributed by atoms with Crippen molar-refractivity contribution in [1.82, 2.24) is 0 Å². The number of hydrogen-bond donors (Lipinski definition) is 0. The van der Waals surface area contributed by atoms with Gasteiger partial charge in [-0.05, 0) is 56.5 Å². The van der Waals surface area contributed by atoms with Gasteiger partial charge in [0.2, 0.25) is 0 Å². The highest BCUT2D eigenvalue weighted by atomic mass is 32.2. The van der Waals surface area contributed by atoms with Crippen LogP contribution in [0.15, 0.2) is 0 Å². The van der Waals surface area contributed by atoms with Gasteiger partial charge in [-0.25, -0.2) is 0 Å². The summed E-state index contributed by atoms with van der Waals surface area (Å²) in [5, 5.41) is 0. The zero-order valence-corrected chi connectivity index (χ0v) is 11.9. The number of Topliss-reactive ketones (excluding diaryl/α,β-unsaturated/α-hetero) is 1. The van der Waals surface area contributed by atoms with E-state index in [0.29, 0.717) is 11.7 Å². The fourth-order valence-corrected chi connectivity index (χ4v) is 4.69.